The summed E-state index contributed by atoms with van der Waals surface area (Å²) in [6.45, 7) is 2.04. The van der Waals surface area contributed by atoms with Crippen LogP contribution in [0.3, 0.4) is 0 Å². The fraction of sp³-hybridized carbons (Fsp3) is 0.533. The summed E-state index contributed by atoms with van der Waals surface area (Å²) in [5.41, 5.74) is 1.40. The Labute approximate surface area is 119 Å². The second-order valence-electron chi connectivity index (χ2n) is 5.66. The van der Waals surface area contributed by atoms with Gasteiger partial charge in [-0.2, -0.15) is 12.6 Å². The first-order valence-electron chi connectivity index (χ1n) is 6.80. The number of nitrogens with zero attached hydrogens (tertiary/aromatic N) is 1. The lowest BCUT2D eigenvalue weighted by atomic mass is 10.0. The zero-order valence-electron chi connectivity index (χ0n) is 10.9. The summed E-state index contributed by atoms with van der Waals surface area (Å²) in [7, 11) is 0. The van der Waals surface area contributed by atoms with Crippen molar-refractivity contribution < 1.29 is 9.53 Å². The van der Waals surface area contributed by atoms with Gasteiger partial charge in [0, 0.05) is 13.1 Å². The monoisotopic (exact) mass is 277 g/mol. The van der Waals surface area contributed by atoms with Crippen molar-refractivity contribution in [2.24, 2.45) is 11.3 Å². The zero-order valence-corrected chi connectivity index (χ0v) is 11.8. The fourth-order valence-corrected chi connectivity index (χ4v) is 3.57. The van der Waals surface area contributed by atoms with Crippen molar-refractivity contribution in [1.82, 2.24) is 4.90 Å². The third-order valence-corrected chi connectivity index (χ3v) is 4.87. The molecule has 0 aromatic heterocycles. The molecule has 0 bridgehead atoms. The van der Waals surface area contributed by atoms with Crippen LogP contribution in [0.25, 0.3) is 0 Å². The summed E-state index contributed by atoms with van der Waals surface area (Å²) in [5, 5.41) is 0. The summed E-state index contributed by atoms with van der Waals surface area (Å²) < 4.78 is 5.37. The van der Waals surface area contributed by atoms with Gasteiger partial charge in [-0.3, -0.25) is 0 Å². The molecule has 4 heteroatoms. The Balaban J connectivity index is 1.50. The maximum atomic E-state index is 12.0. The molecular weight excluding hydrogens is 258 g/mol. The van der Waals surface area contributed by atoms with Gasteiger partial charge in [-0.05, 0) is 35.5 Å². The first-order valence-corrected chi connectivity index (χ1v) is 7.43. The maximum absolute atomic E-state index is 12.0. The molecule has 0 N–H and O–H groups in total. The third kappa shape index (κ3) is 2.59. The van der Waals surface area contributed by atoms with Crippen molar-refractivity contribution in [2.45, 2.75) is 19.4 Å². The van der Waals surface area contributed by atoms with Gasteiger partial charge in [0.05, 0.1) is 0 Å². The number of thiol groups is 1. The van der Waals surface area contributed by atoms with Gasteiger partial charge in [0.1, 0.15) is 6.61 Å². The predicted octanol–water partition coefficient (Wildman–Crippen LogP) is 2.97. The third-order valence-electron chi connectivity index (χ3n) is 4.43. The first-order chi connectivity index (χ1) is 9.23. The second-order valence-corrected chi connectivity index (χ2v) is 6.02. The molecule has 3 rings (SSSR count). The van der Waals surface area contributed by atoms with Gasteiger partial charge in [-0.1, -0.05) is 30.3 Å². The molecule has 102 valence electrons. The summed E-state index contributed by atoms with van der Waals surface area (Å²) >= 11 is 4.36. The highest BCUT2D eigenvalue weighted by Gasteiger charge is 2.57. The number of amides is 1. The van der Waals surface area contributed by atoms with Crippen LogP contribution in [0.2, 0.25) is 0 Å². The molecule has 2 aliphatic rings. The van der Waals surface area contributed by atoms with Crippen LogP contribution in [0.4, 0.5) is 4.79 Å². The summed E-state index contributed by atoms with van der Waals surface area (Å²) in [6.07, 6.45) is 2.16. The standard InChI is InChI=1S/C15H19NO2S/c17-14(18-9-12-4-2-1-3-5-12)16-7-6-15(11-16)8-13(15)10-19/h1-5,13,19H,6-11H2. The minimum atomic E-state index is -0.175. The lowest BCUT2D eigenvalue weighted by molar-refractivity contribution is 0.102. The van der Waals surface area contributed by atoms with Gasteiger partial charge in [-0.15, -0.1) is 0 Å². The van der Waals surface area contributed by atoms with E-state index in [1.807, 2.05) is 35.2 Å². The normalized spacial score (nSPS) is 28.7. The topological polar surface area (TPSA) is 29.5 Å². The number of hydrogen-bond donors (Lipinski definition) is 1. The maximum Gasteiger partial charge on any atom is 0.410 e. The van der Waals surface area contributed by atoms with Crippen LogP contribution in [-0.4, -0.2) is 29.8 Å². The summed E-state index contributed by atoms with van der Waals surface area (Å²) in [5.74, 6) is 1.63. The van der Waals surface area contributed by atoms with Crippen LogP contribution in [-0.2, 0) is 11.3 Å². The van der Waals surface area contributed by atoms with Gasteiger partial charge in [0.2, 0.25) is 0 Å². The Kier molecular flexibility index (Phi) is 3.44. The summed E-state index contributed by atoms with van der Waals surface area (Å²) in [4.78, 5) is 13.9. The van der Waals surface area contributed by atoms with Gasteiger partial charge >= 0.3 is 6.09 Å². The molecule has 1 aromatic carbocycles. The van der Waals surface area contributed by atoms with E-state index in [9.17, 15) is 4.79 Å². The summed E-state index contributed by atoms with van der Waals surface area (Å²) in [6, 6.07) is 9.80. The molecule has 2 fully saturated rings. The van der Waals surface area contributed by atoms with E-state index in [1.54, 1.807) is 0 Å². The molecule has 1 aromatic rings. The Morgan fingerprint density at radius 2 is 2.21 bits per heavy atom. The number of benzene rings is 1. The molecule has 1 heterocycles. The fourth-order valence-electron chi connectivity index (χ4n) is 3.05. The molecule has 3 nitrogen and oxygen atoms in total. The highest BCUT2D eigenvalue weighted by atomic mass is 32.1. The number of likely N-dealkylation sites (tertiary alicyclic amines) is 1. The molecule has 19 heavy (non-hydrogen) atoms. The number of carbonyl (C=O) groups is 1. The Morgan fingerprint density at radius 1 is 1.42 bits per heavy atom. The van der Waals surface area contributed by atoms with Gasteiger partial charge in [0.25, 0.3) is 0 Å². The molecule has 1 spiro atoms. The number of rotatable bonds is 3. The van der Waals surface area contributed by atoms with Crippen LogP contribution in [0, 0.1) is 11.3 Å². The molecule has 1 saturated carbocycles. The van der Waals surface area contributed by atoms with E-state index in [-0.39, 0.29) is 6.09 Å². The first kappa shape index (κ1) is 12.9. The lowest BCUT2D eigenvalue weighted by Gasteiger charge is -2.16. The predicted molar refractivity (Wildman–Crippen MR) is 77.2 cm³/mol. The Hall–Kier alpha value is -1.16. The SMILES string of the molecule is O=C(OCc1ccccc1)N1CCC2(CC2CS)C1. The average molecular weight is 277 g/mol. The minimum Gasteiger partial charge on any atom is -0.445 e. The molecule has 1 amide bonds. The van der Waals surface area contributed by atoms with E-state index in [0.29, 0.717) is 17.9 Å². The van der Waals surface area contributed by atoms with Crippen molar-refractivity contribution in [2.75, 3.05) is 18.8 Å². The van der Waals surface area contributed by atoms with Crippen molar-refractivity contribution >= 4 is 18.7 Å². The van der Waals surface area contributed by atoms with E-state index >= 15 is 0 Å². The van der Waals surface area contributed by atoms with Crippen LogP contribution >= 0.6 is 12.6 Å². The molecule has 1 saturated heterocycles. The Morgan fingerprint density at radius 3 is 2.89 bits per heavy atom. The molecular formula is C15H19NO2S. The number of carbonyl (C=O) groups excluding carboxylic acids is 1. The van der Waals surface area contributed by atoms with Crippen molar-refractivity contribution in [1.29, 1.82) is 0 Å². The molecule has 1 aliphatic carbocycles. The minimum absolute atomic E-state index is 0.175. The zero-order chi connectivity index (χ0) is 13.3. The molecule has 2 unspecified atom stereocenters. The van der Waals surface area contributed by atoms with E-state index in [1.165, 1.54) is 6.42 Å². The van der Waals surface area contributed by atoms with Crippen LogP contribution < -0.4 is 0 Å². The van der Waals surface area contributed by atoms with Gasteiger partial charge < -0.3 is 9.64 Å². The number of hydrogen-bond acceptors (Lipinski definition) is 3. The van der Waals surface area contributed by atoms with E-state index in [0.717, 1.165) is 30.8 Å². The largest absolute Gasteiger partial charge is 0.445 e. The van der Waals surface area contributed by atoms with Gasteiger partial charge in [-0.25, -0.2) is 4.79 Å². The number of ether oxygens (including phenoxy) is 1. The Bertz CT molecular complexity index is 464. The second kappa shape index (κ2) is 5.08. The van der Waals surface area contributed by atoms with Crippen LogP contribution in [0.5, 0.6) is 0 Å². The van der Waals surface area contributed by atoms with Crippen LogP contribution in [0.15, 0.2) is 30.3 Å². The van der Waals surface area contributed by atoms with E-state index < -0.39 is 0 Å². The smallest absolute Gasteiger partial charge is 0.410 e. The highest BCUT2D eigenvalue weighted by molar-refractivity contribution is 7.80. The van der Waals surface area contributed by atoms with Gasteiger partial charge in [0.15, 0.2) is 0 Å². The molecule has 0 radical (unpaired) electrons. The molecule has 1 aliphatic heterocycles. The van der Waals surface area contributed by atoms with Crippen molar-refractivity contribution in [3.8, 4) is 0 Å². The lowest BCUT2D eigenvalue weighted by Crippen LogP contribution is -2.29. The molecule has 2 atom stereocenters. The van der Waals surface area contributed by atoms with Crippen molar-refractivity contribution in [3.63, 3.8) is 0 Å². The van der Waals surface area contributed by atoms with Crippen molar-refractivity contribution in [3.05, 3.63) is 35.9 Å². The highest BCUT2D eigenvalue weighted by Crippen LogP contribution is 2.58. The van der Waals surface area contributed by atoms with Crippen LogP contribution in [0.1, 0.15) is 18.4 Å². The van der Waals surface area contributed by atoms with E-state index in [4.69, 9.17) is 4.74 Å². The average Bonchev–Trinajstić information content (AvgIpc) is 2.96. The quantitative estimate of drug-likeness (QED) is 0.861. The van der Waals surface area contributed by atoms with E-state index in [2.05, 4.69) is 12.6 Å².